The monoisotopic (exact) mass is 240 g/mol. The molecule has 0 amide bonds. The summed E-state index contributed by atoms with van der Waals surface area (Å²) >= 11 is 0. The van der Waals surface area contributed by atoms with Crippen LogP contribution in [-0.2, 0) is 0 Å². The summed E-state index contributed by atoms with van der Waals surface area (Å²) in [5.74, 6) is 1.45. The van der Waals surface area contributed by atoms with E-state index in [0.29, 0.717) is 28.5 Å². The van der Waals surface area contributed by atoms with Crippen molar-refractivity contribution in [2.45, 2.75) is 0 Å². The van der Waals surface area contributed by atoms with E-state index >= 15 is 0 Å². The molecule has 0 heterocycles. The van der Waals surface area contributed by atoms with Gasteiger partial charge in [0.1, 0.15) is 5.71 Å². The minimum absolute atomic E-state index is 0.106. The molecule has 94 valence electrons. The first-order valence-corrected chi connectivity index (χ1v) is 4.93. The molecule has 1 aromatic carbocycles. The van der Waals surface area contributed by atoms with Gasteiger partial charge in [0.25, 0.3) is 0 Å². The second kappa shape index (κ2) is 5.95. The molecule has 0 aliphatic rings. The van der Waals surface area contributed by atoms with Crippen LogP contribution < -0.4 is 19.9 Å². The molecule has 6 heteroatoms. The SMILES string of the molecule is COc1cc(C(CN)=NO)cc(OC)c1OC. The van der Waals surface area contributed by atoms with Crippen LogP contribution in [0.25, 0.3) is 0 Å². The Bertz CT molecular complexity index is 393. The van der Waals surface area contributed by atoms with Gasteiger partial charge in [0.2, 0.25) is 5.75 Å². The number of methoxy groups -OCH3 is 3. The average molecular weight is 240 g/mol. The molecule has 0 aliphatic heterocycles. The summed E-state index contributed by atoms with van der Waals surface area (Å²) in [7, 11) is 4.54. The smallest absolute Gasteiger partial charge is 0.203 e. The molecule has 0 spiro atoms. The van der Waals surface area contributed by atoms with Gasteiger partial charge < -0.3 is 25.2 Å². The molecule has 6 nitrogen and oxygen atoms in total. The van der Waals surface area contributed by atoms with E-state index in [1.165, 1.54) is 21.3 Å². The van der Waals surface area contributed by atoms with Crippen LogP contribution in [0.2, 0.25) is 0 Å². The molecule has 1 rings (SSSR count). The van der Waals surface area contributed by atoms with E-state index in [9.17, 15) is 0 Å². The van der Waals surface area contributed by atoms with Crippen molar-refractivity contribution in [3.8, 4) is 17.2 Å². The normalized spacial score (nSPS) is 11.2. The van der Waals surface area contributed by atoms with E-state index < -0.39 is 0 Å². The highest BCUT2D eigenvalue weighted by molar-refractivity contribution is 6.02. The highest BCUT2D eigenvalue weighted by Crippen LogP contribution is 2.38. The standard InChI is InChI=1S/C11H16N2O4/c1-15-9-4-7(8(6-12)13-14)5-10(16-2)11(9)17-3/h4-5,14H,6,12H2,1-3H3. The van der Waals surface area contributed by atoms with E-state index in [1.54, 1.807) is 12.1 Å². The van der Waals surface area contributed by atoms with Crippen molar-refractivity contribution in [2.24, 2.45) is 10.9 Å². The maximum atomic E-state index is 8.83. The molecule has 0 aliphatic carbocycles. The predicted octanol–water partition coefficient (Wildman–Crippen LogP) is 0.849. The van der Waals surface area contributed by atoms with E-state index in [2.05, 4.69) is 5.16 Å². The van der Waals surface area contributed by atoms with Crippen LogP contribution in [0.4, 0.5) is 0 Å². The first kappa shape index (κ1) is 13.1. The Kier molecular flexibility index (Phi) is 4.59. The maximum absolute atomic E-state index is 8.83. The molecule has 0 radical (unpaired) electrons. The van der Waals surface area contributed by atoms with E-state index in [1.807, 2.05) is 0 Å². The van der Waals surface area contributed by atoms with Crippen LogP contribution in [0.1, 0.15) is 5.56 Å². The van der Waals surface area contributed by atoms with Crippen molar-refractivity contribution in [1.29, 1.82) is 0 Å². The largest absolute Gasteiger partial charge is 0.493 e. The Morgan fingerprint density at radius 1 is 1.18 bits per heavy atom. The lowest BCUT2D eigenvalue weighted by molar-refractivity contribution is 0.317. The number of nitrogens with zero attached hydrogens (tertiary/aromatic N) is 1. The summed E-state index contributed by atoms with van der Waals surface area (Å²) in [5.41, 5.74) is 6.42. The van der Waals surface area contributed by atoms with Crippen LogP contribution in [-0.4, -0.2) is 38.8 Å². The fraction of sp³-hybridized carbons (Fsp3) is 0.364. The van der Waals surface area contributed by atoms with Gasteiger partial charge in [-0.1, -0.05) is 5.16 Å². The number of benzene rings is 1. The third-order valence-corrected chi connectivity index (χ3v) is 2.31. The molecule has 0 saturated carbocycles. The third kappa shape index (κ3) is 2.59. The molecular weight excluding hydrogens is 224 g/mol. The molecule has 17 heavy (non-hydrogen) atoms. The summed E-state index contributed by atoms with van der Waals surface area (Å²) < 4.78 is 15.5. The first-order chi connectivity index (χ1) is 8.21. The topological polar surface area (TPSA) is 86.3 Å². The van der Waals surface area contributed by atoms with Crippen molar-refractivity contribution in [3.05, 3.63) is 17.7 Å². The molecule has 0 bridgehead atoms. The Labute approximate surface area is 99.6 Å². The Balaban J connectivity index is 3.36. The van der Waals surface area contributed by atoms with Gasteiger partial charge in [-0.05, 0) is 12.1 Å². The number of hydrogen-bond donors (Lipinski definition) is 2. The van der Waals surface area contributed by atoms with Crippen LogP contribution in [0.5, 0.6) is 17.2 Å². The van der Waals surface area contributed by atoms with Crippen LogP contribution >= 0.6 is 0 Å². The van der Waals surface area contributed by atoms with Gasteiger partial charge in [0, 0.05) is 12.1 Å². The van der Waals surface area contributed by atoms with Crippen molar-refractivity contribution >= 4 is 5.71 Å². The number of rotatable bonds is 5. The number of oxime groups is 1. The number of ether oxygens (including phenoxy) is 3. The minimum Gasteiger partial charge on any atom is -0.493 e. The predicted molar refractivity (Wildman–Crippen MR) is 63.5 cm³/mol. The summed E-state index contributed by atoms with van der Waals surface area (Å²) in [4.78, 5) is 0. The Hall–Kier alpha value is -1.95. The molecule has 0 unspecified atom stereocenters. The first-order valence-electron chi connectivity index (χ1n) is 4.93. The number of nitrogens with two attached hydrogens (primary N) is 1. The average Bonchev–Trinajstić information content (AvgIpc) is 2.38. The molecule has 0 aromatic heterocycles. The summed E-state index contributed by atoms with van der Waals surface area (Å²) in [6, 6.07) is 3.34. The van der Waals surface area contributed by atoms with Gasteiger partial charge in [-0.3, -0.25) is 0 Å². The van der Waals surface area contributed by atoms with Crippen LogP contribution in [0.15, 0.2) is 17.3 Å². The zero-order valence-corrected chi connectivity index (χ0v) is 10.1. The molecule has 3 N–H and O–H groups in total. The lowest BCUT2D eigenvalue weighted by Gasteiger charge is -2.14. The van der Waals surface area contributed by atoms with Gasteiger partial charge in [0.15, 0.2) is 11.5 Å². The minimum atomic E-state index is 0.106. The Morgan fingerprint density at radius 2 is 1.71 bits per heavy atom. The van der Waals surface area contributed by atoms with E-state index in [0.717, 1.165) is 0 Å². The second-order valence-electron chi connectivity index (χ2n) is 3.16. The summed E-state index contributed by atoms with van der Waals surface area (Å²) in [6.07, 6.45) is 0. The van der Waals surface area contributed by atoms with E-state index in [4.69, 9.17) is 25.2 Å². The summed E-state index contributed by atoms with van der Waals surface area (Å²) in [6.45, 7) is 0.106. The molecule has 1 aromatic rings. The zero-order chi connectivity index (χ0) is 12.8. The van der Waals surface area contributed by atoms with Crippen LogP contribution in [0, 0.1) is 0 Å². The summed E-state index contributed by atoms with van der Waals surface area (Å²) in [5, 5.41) is 12.0. The lowest BCUT2D eigenvalue weighted by atomic mass is 10.1. The Morgan fingerprint density at radius 3 is 2.00 bits per heavy atom. The second-order valence-corrected chi connectivity index (χ2v) is 3.16. The van der Waals surface area contributed by atoms with Crippen molar-refractivity contribution in [3.63, 3.8) is 0 Å². The van der Waals surface area contributed by atoms with Crippen molar-refractivity contribution < 1.29 is 19.4 Å². The quantitative estimate of drug-likeness (QED) is 0.452. The van der Waals surface area contributed by atoms with Gasteiger partial charge in [-0.15, -0.1) is 0 Å². The van der Waals surface area contributed by atoms with Crippen LogP contribution in [0.3, 0.4) is 0 Å². The lowest BCUT2D eigenvalue weighted by Crippen LogP contribution is -2.15. The molecule has 0 atom stereocenters. The molecule has 0 saturated heterocycles. The van der Waals surface area contributed by atoms with Gasteiger partial charge in [0.05, 0.1) is 21.3 Å². The van der Waals surface area contributed by atoms with Gasteiger partial charge in [-0.25, -0.2) is 0 Å². The van der Waals surface area contributed by atoms with Gasteiger partial charge in [-0.2, -0.15) is 0 Å². The fourth-order valence-electron chi connectivity index (χ4n) is 1.46. The van der Waals surface area contributed by atoms with Crippen molar-refractivity contribution in [2.75, 3.05) is 27.9 Å². The highest BCUT2D eigenvalue weighted by Gasteiger charge is 2.15. The third-order valence-electron chi connectivity index (χ3n) is 2.31. The number of hydrogen-bond acceptors (Lipinski definition) is 6. The maximum Gasteiger partial charge on any atom is 0.203 e. The van der Waals surface area contributed by atoms with Crippen molar-refractivity contribution in [1.82, 2.24) is 0 Å². The highest BCUT2D eigenvalue weighted by atomic mass is 16.5. The molecular formula is C11H16N2O4. The van der Waals surface area contributed by atoms with E-state index in [-0.39, 0.29) is 6.54 Å². The molecule has 0 fully saturated rings. The fourth-order valence-corrected chi connectivity index (χ4v) is 1.46. The van der Waals surface area contributed by atoms with Gasteiger partial charge >= 0.3 is 0 Å². The zero-order valence-electron chi connectivity index (χ0n) is 10.1.